The van der Waals surface area contributed by atoms with Crippen LogP contribution >= 0.6 is 15.9 Å². The molecule has 0 amide bonds. The van der Waals surface area contributed by atoms with Crippen LogP contribution in [-0.2, 0) is 6.42 Å². The molecule has 0 unspecified atom stereocenters. The third kappa shape index (κ3) is 1.09. The van der Waals surface area contributed by atoms with E-state index in [4.69, 9.17) is 0 Å². The van der Waals surface area contributed by atoms with Gasteiger partial charge in [-0.1, -0.05) is 0 Å². The molecule has 3 heteroatoms. The molecule has 0 bridgehead atoms. The maximum atomic E-state index is 9.31. The molecule has 1 aliphatic heterocycles. The summed E-state index contributed by atoms with van der Waals surface area (Å²) in [7, 11) is 0. The van der Waals surface area contributed by atoms with E-state index in [1.165, 1.54) is 5.56 Å². The van der Waals surface area contributed by atoms with Crippen molar-refractivity contribution in [2.45, 2.75) is 6.42 Å². The standard InChI is InChI=1S/C8H8BrNO/c9-6-4-7-5(1-2-10-7)3-8(6)11/h3-4,10-11H,1-2H2. The summed E-state index contributed by atoms with van der Waals surface area (Å²) in [5, 5.41) is 12.5. The highest BCUT2D eigenvalue weighted by Gasteiger charge is 2.11. The molecule has 0 fully saturated rings. The summed E-state index contributed by atoms with van der Waals surface area (Å²) < 4.78 is 0.755. The maximum Gasteiger partial charge on any atom is 0.130 e. The highest BCUT2D eigenvalue weighted by molar-refractivity contribution is 9.10. The largest absolute Gasteiger partial charge is 0.507 e. The first-order valence-corrected chi connectivity index (χ1v) is 4.32. The van der Waals surface area contributed by atoms with Crippen molar-refractivity contribution in [3.8, 4) is 5.75 Å². The molecule has 1 aromatic carbocycles. The van der Waals surface area contributed by atoms with E-state index in [2.05, 4.69) is 21.2 Å². The van der Waals surface area contributed by atoms with E-state index in [1.807, 2.05) is 6.07 Å². The summed E-state index contributed by atoms with van der Waals surface area (Å²) >= 11 is 3.26. The van der Waals surface area contributed by atoms with Gasteiger partial charge in [0.2, 0.25) is 0 Å². The molecule has 0 radical (unpaired) electrons. The highest BCUT2D eigenvalue weighted by atomic mass is 79.9. The fourth-order valence-corrected chi connectivity index (χ4v) is 1.65. The Kier molecular flexibility index (Phi) is 1.53. The summed E-state index contributed by atoms with van der Waals surface area (Å²) in [6.45, 7) is 0.977. The second kappa shape index (κ2) is 2.41. The second-order valence-electron chi connectivity index (χ2n) is 2.64. The van der Waals surface area contributed by atoms with Gasteiger partial charge in [-0.25, -0.2) is 0 Å². The number of nitrogens with one attached hydrogen (secondary N) is 1. The van der Waals surface area contributed by atoms with E-state index in [-0.39, 0.29) is 0 Å². The van der Waals surface area contributed by atoms with Crippen LogP contribution < -0.4 is 5.32 Å². The Labute approximate surface area is 73.4 Å². The third-order valence-corrected chi connectivity index (χ3v) is 2.52. The fourth-order valence-electron chi connectivity index (χ4n) is 1.31. The topological polar surface area (TPSA) is 32.3 Å². The van der Waals surface area contributed by atoms with E-state index in [9.17, 15) is 5.11 Å². The molecule has 1 aromatic rings. The van der Waals surface area contributed by atoms with Crippen LogP contribution in [0.4, 0.5) is 5.69 Å². The zero-order valence-electron chi connectivity index (χ0n) is 5.89. The van der Waals surface area contributed by atoms with Crippen molar-refractivity contribution in [3.05, 3.63) is 22.2 Å². The predicted molar refractivity (Wildman–Crippen MR) is 48.0 cm³/mol. The summed E-state index contributed by atoms with van der Waals surface area (Å²) in [5.41, 5.74) is 2.33. The van der Waals surface area contributed by atoms with Gasteiger partial charge in [0.15, 0.2) is 0 Å². The number of anilines is 1. The summed E-state index contributed by atoms with van der Waals surface area (Å²) in [5.74, 6) is 0.326. The molecule has 0 saturated carbocycles. The number of hydrogen-bond donors (Lipinski definition) is 2. The Balaban J connectivity index is 2.57. The lowest BCUT2D eigenvalue weighted by Crippen LogP contribution is -1.90. The van der Waals surface area contributed by atoms with Crippen molar-refractivity contribution in [2.75, 3.05) is 11.9 Å². The number of fused-ring (bicyclic) bond motifs is 1. The number of hydrogen-bond acceptors (Lipinski definition) is 2. The molecule has 11 heavy (non-hydrogen) atoms. The maximum absolute atomic E-state index is 9.31. The van der Waals surface area contributed by atoms with Gasteiger partial charge in [-0.2, -0.15) is 0 Å². The molecule has 2 rings (SSSR count). The van der Waals surface area contributed by atoms with Crippen molar-refractivity contribution < 1.29 is 5.11 Å². The quantitative estimate of drug-likeness (QED) is 0.648. The minimum Gasteiger partial charge on any atom is -0.507 e. The van der Waals surface area contributed by atoms with Crippen molar-refractivity contribution in [1.29, 1.82) is 0 Å². The molecule has 2 nitrogen and oxygen atoms in total. The van der Waals surface area contributed by atoms with E-state index < -0.39 is 0 Å². The van der Waals surface area contributed by atoms with Crippen molar-refractivity contribution >= 4 is 21.6 Å². The van der Waals surface area contributed by atoms with E-state index in [1.54, 1.807) is 6.07 Å². The number of benzene rings is 1. The molecule has 0 spiro atoms. The number of rotatable bonds is 0. The number of aromatic hydroxyl groups is 1. The minimum atomic E-state index is 0.326. The van der Waals surface area contributed by atoms with Gasteiger partial charge in [0.1, 0.15) is 5.75 Å². The van der Waals surface area contributed by atoms with Gasteiger partial charge in [0.25, 0.3) is 0 Å². The predicted octanol–water partition coefficient (Wildman–Crippen LogP) is 2.12. The average molecular weight is 214 g/mol. The van der Waals surface area contributed by atoms with Crippen LogP contribution in [-0.4, -0.2) is 11.7 Å². The monoisotopic (exact) mass is 213 g/mol. The molecule has 58 valence electrons. The Hall–Kier alpha value is -0.700. The number of phenols is 1. The molecular formula is C8H8BrNO. The lowest BCUT2D eigenvalue weighted by molar-refractivity contribution is 0.471. The molecular weight excluding hydrogens is 206 g/mol. The SMILES string of the molecule is Oc1cc2c(cc1Br)NCC2. The zero-order chi connectivity index (χ0) is 7.84. The van der Waals surface area contributed by atoms with E-state index >= 15 is 0 Å². The van der Waals surface area contributed by atoms with E-state index in [0.29, 0.717) is 5.75 Å². The van der Waals surface area contributed by atoms with Gasteiger partial charge < -0.3 is 10.4 Å². The molecule has 1 heterocycles. The van der Waals surface area contributed by atoms with Gasteiger partial charge in [-0.15, -0.1) is 0 Å². The Morgan fingerprint density at radius 3 is 3.09 bits per heavy atom. The zero-order valence-corrected chi connectivity index (χ0v) is 7.48. The van der Waals surface area contributed by atoms with Crippen LogP contribution in [0.25, 0.3) is 0 Å². The van der Waals surface area contributed by atoms with Crippen LogP contribution in [0.3, 0.4) is 0 Å². The normalized spacial score (nSPS) is 14.3. The molecule has 0 atom stereocenters. The van der Waals surface area contributed by atoms with E-state index in [0.717, 1.165) is 23.1 Å². The molecule has 2 N–H and O–H groups in total. The number of halogens is 1. The van der Waals surface area contributed by atoms with Crippen LogP contribution in [0, 0.1) is 0 Å². The highest BCUT2D eigenvalue weighted by Crippen LogP contribution is 2.32. The van der Waals surface area contributed by atoms with Crippen LogP contribution in [0.2, 0.25) is 0 Å². The Morgan fingerprint density at radius 2 is 2.27 bits per heavy atom. The molecule has 1 aliphatic rings. The smallest absolute Gasteiger partial charge is 0.130 e. The second-order valence-corrected chi connectivity index (χ2v) is 3.49. The van der Waals surface area contributed by atoms with Gasteiger partial charge in [0.05, 0.1) is 4.47 Å². The number of phenolic OH excluding ortho intramolecular Hbond substituents is 1. The van der Waals surface area contributed by atoms with Crippen LogP contribution in [0.5, 0.6) is 5.75 Å². The first-order chi connectivity index (χ1) is 5.27. The van der Waals surface area contributed by atoms with Crippen molar-refractivity contribution in [1.82, 2.24) is 0 Å². The minimum absolute atomic E-state index is 0.326. The summed E-state index contributed by atoms with van der Waals surface area (Å²) in [4.78, 5) is 0. The van der Waals surface area contributed by atoms with Gasteiger partial charge in [0, 0.05) is 12.2 Å². The van der Waals surface area contributed by atoms with Gasteiger partial charge >= 0.3 is 0 Å². The Bertz CT molecular complexity index is 269. The fraction of sp³-hybridized carbons (Fsp3) is 0.250. The lowest BCUT2D eigenvalue weighted by atomic mass is 10.1. The van der Waals surface area contributed by atoms with Crippen LogP contribution in [0.1, 0.15) is 5.56 Å². The molecule has 0 saturated heterocycles. The average Bonchev–Trinajstić information content (AvgIpc) is 2.36. The van der Waals surface area contributed by atoms with Crippen LogP contribution in [0.15, 0.2) is 16.6 Å². The molecule has 0 aromatic heterocycles. The first kappa shape index (κ1) is 6.98. The summed E-state index contributed by atoms with van der Waals surface area (Å²) in [6, 6.07) is 3.72. The van der Waals surface area contributed by atoms with Gasteiger partial charge in [-0.3, -0.25) is 0 Å². The summed E-state index contributed by atoms with van der Waals surface area (Å²) in [6.07, 6.45) is 1.01. The third-order valence-electron chi connectivity index (χ3n) is 1.88. The molecule has 0 aliphatic carbocycles. The lowest BCUT2D eigenvalue weighted by Gasteiger charge is -2.01. The van der Waals surface area contributed by atoms with Gasteiger partial charge in [-0.05, 0) is 40.0 Å². The van der Waals surface area contributed by atoms with Crippen molar-refractivity contribution in [3.63, 3.8) is 0 Å². The first-order valence-electron chi connectivity index (χ1n) is 3.52. The Morgan fingerprint density at radius 1 is 1.45 bits per heavy atom. The van der Waals surface area contributed by atoms with Crippen molar-refractivity contribution in [2.24, 2.45) is 0 Å².